The maximum absolute atomic E-state index is 12.5. The Morgan fingerprint density at radius 1 is 1.25 bits per heavy atom. The van der Waals surface area contributed by atoms with Gasteiger partial charge in [0.2, 0.25) is 10.0 Å². The Hall–Kier alpha value is -1.56. The maximum Gasteiger partial charge on any atom is 0.251 e. The van der Waals surface area contributed by atoms with Crippen LogP contribution in [0.3, 0.4) is 0 Å². The Balaban J connectivity index is 1.80. The summed E-state index contributed by atoms with van der Waals surface area (Å²) in [6.07, 6.45) is 6.36. The number of hydrogen-bond acceptors (Lipinski definition) is 3. The van der Waals surface area contributed by atoms with Crippen molar-refractivity contribution in [2.24, 2.45) is 0 Å². The first-order chi connectivity index (χ1) is 11.4. The van der Waals surface area contributed by atoms with Crippen molar-refractivity contribution in [1.29, 1.82) is 0 Å². The van der Waals surface area contributed by atoms with Gasteiger partial charge in [-0.15, -0.1) is 0 Å². The number of hydrogen-bond donors (Lipinski definition) is 1. The SMILES string of the molecule is CCS(=O)(=O)N1c2ccc(C(=O)NC3CCCCC3)cc2C[C@@H]1C. The summed E-state index contributed by atoms with van der Waals surface area (Å²) in [5.41, 5.74) is 2.29. The molecule has 1 atom stereocenters. The molecule has 132 valence electrons. The minimum atomic E-state index is -3.28. The second kappa shape index (κ2) is 6.75. The summed E-state index contributed by atoms with van der Waals surface area (Å²) >= 11 is 0. The number of rotatable bonds is 4. The van der Waals surface area contributed by atoms with E-state index in [1.54, 1.807) is 19.1 Å². The first kappa shape index (κ1) is 17.3. The van der Waals surface area contributed by atoms with Crippen LogP contribution in [0.25, 0.3) is 0 Å². The van der Waals surface area contributed by atoms with E-state index in [-0.39, 0.29) is 23.7 Å². The van der Waals surface area contributed by atoms with Crippen molar-refractivity contribution in [2.75, 3.05) is 10.1 Å². The molecular weight excluding hydrogens is 324 g/mol. The van der Waals surface area contributed by atoms with E-state index in [2.05, 4.69) is 5.32 Å². The van der Waals surface area contributed by atoms with Crippen LogP contribution in [-0.2, 0) is 16.4 Å². The molecule has 1 aliphatic heterocycles. The Labute approximate surface area is 144 Å². The van der Waals surface area contributed by atoms with Crippen molar-refractivity contribution < 1.29 is 13.2 Å². The summed E-state index contributed by atoms with van der Waals surface area (Å²) in [5.74, 6) is 0.0369. The molecule has 0 bridgehead atoms. The second-order valence-electron chi connectivity index (χ2n) is 6.90. The number of nitrogens with zero attached hydrogens (tertiary/aromatic N) is 1. The maximum atomic E-state index is 12.5. The summed E-state index contributed by atoms with van der Waals surface area (Å²) in [5, 5.41) is 3.12. The zero-order valence-corrected chi connectivity index (χ0v) is 15.2. The lowest BCUT2D eigenvalue weighted by atomic mass is 9.95. The number of sulfonamides is 1. The van der Waals surface area contributed by atoms with Gasteiger partial charge in [-0.05, 0) is 56.9 Å². The minimum absolute atomic E-state index is 0.0471. The standard InChI is InChI=1S/C18H26N2O3S/c1-3-24(22,23)20-13(2)11-15-12-14(9-10-17(15)20)18(21)19-16-7-5-4-6-8-16/h9-10,12-13,16H,3-8,11H2,1-2H3,(H,19,21)/t13-/m0/s1. The van der Waals surface area contributed by atoms with E-state index >= 15 is 0 Å². The first-order valence-electron chi connectivity index (χ1n) is 8.88. The fourth-order valence-corrected chi connectivity index (χ4v) is 5.20. The Morgan fingerprint density at radius 2 is 1.96 bits per heavy atom. The molecule has 0 saturated heterocycles. The van der Waals surface area contributed by atoms with Crippen LogP contribution in [0.4, 0.5) is 5.69 Å². The summed E-state index contributed by atoms with van der Waals surface area (Å²) in [6, 6.07) is 5.56. The lowest BCUT2D eigenvalue weighted by molar-refractivity contribution is 0.0927. The van der Waals surface area contributed by atoms with Crippen LogP contribution < -0.4 is 9.62 Å². The third-order valence-electron chi connectivity index (χ3n) is 5.10. The zero-order valence-electron chi connectivity index (χ0n) is 14.4. The fraction of sp³-hybridized carbons (Fsp3) is 0.611. The van der Waals surface area contributed by atoms with Crippen LogP contribution in [0.5, 0.6) is 0 Å². The van der Waals surface area contributed by atoms with Crippen molar-refractivity contribution in [3.63, 3.8) is 0 Å². The first-order valence-corrected chi connectivity index (χ1v) is 10.5. The highest BCUT2D eigenvalue weighted by Crippen LogP contribution is 2.35. The van der Waals surface area contributed by atoms with Gasteiger partial charge in [-0.1, -0.05) is 19.3 Å². The van der Waals surface area contributed by atoms with E-state index in [4.69, 9.17) is 0 Å². The number of nitrogens with one attached hydrogen (secondary N) is 1. The lowest BCUT2D eigenvalue weighted by Crippen LogP contribution is -2.37. The van der Waals surface area contributed by atoms with Gasteiger partial charge < -0.3 is 5.32 Å². The van der Waals surface area contributed by atoms with Crippen molar-refractivity contribution in [1.82, 2.24) is 5.32 Å². The van der Waals surface area contributed by atoms with Crippen LogP contribution in [-0.4, -0.2) is 32.2 Å². The Kier molecular flexibility index (Phi) is 4.85. The van der Waals surface area contributed by atoms with Crippen LogP contribution in [0.1, 0.15) is 61.9 Å². The monoisotopic (exact) mass is 350 g/mol. The Bertz CT molecular complexity index is 724. The van der Waals surface area contributed by atoms with Gasteiger partial charge in [0.1, 0.15) is 0 Å². The number of carbonyl (C=O) groups is 1. The molecule has 0 spiro atoms. The molecule has 1 heterocycles. The van der Waals surface area contributed by atoms with Gasteiger partial charge in [-0.2, -0.15) is 0 Å². The molecule has 0 unspecified atom stereocenters. The van der Waals surface area contributed by atoms with Gasteiger partial charge in [-0.3, -0.25) is 9.10 Å². The highest BCUT2D eigenvalue weighted by atomic mass is 32.2. The van der Waals surface area contributed by atoms with Gasteiger partial charge in [0.15, 0.2) is 0 Å². The quantitative estimate of drug-likeness (QED) is 0.908. The molecule has 5 nitrogen and oxygen atoms in total. The molecule has 0 radical (unpaired) electrons. The van der Waals surface area contributed by atoms with Crippen molar-refractivity contribution in [2.45, 2.75) is 64.5 Å². The van der Waals surface area contributed by atoms with E-state index in [9.17, 15) is 13.2 Å². The van der Waals surface area contributed by atoms with Crippen LogP contribution in [0, 0.1) is 0 Å². The second-order valence-corrected chi connectivity index (χ2v) is 9.04. The predicted molar refractivity (Wildman–Crippen MR) is 95.9 cm³/mol. The average molecular weight is 350 g/mol. The van der Waals surface area contributed by atoms with E-state index in [0.717, 1.165) is 24.1 Å². The molecule has 1 aliphatic carbocycles. The third-order valence-corrected chi connectivity index (χ3v) is 6.99. The molecule has 6 heteroatoms. The lowest BCUT2D eigenvalue weighted by Gasteiger charge is -2.24. The number of benzene rings is 1. The highest BCUT2D eigenvalue weighted by molar-refractivity contribution is 7.92. The van der Waals surface area contributed by atoms with Gasteiger partial charge in [0.05, 0.1) is 11.4 Å². The van der Waals surface area contributed by atoms with E-state index in [0.29, 0.717) is 12.0 Å². The zero-order chi connectivity index (χ0) is 17.3. The highest BCUT2D eigenvalue weighted by Gasteiger charge is 2.34. The molecule has 2 aliphatic rings. The smallest absolute Gasteiger partial charge is 0.251 e. The molecule has 3 rings (SSSR count). The van der Waals surface area contributed by atoms with Gasteiger partial charge in [0, 0.05) is 17.6 Å². The van der Waals surface area contributed by atoms with Crippen molar-refractivity contribution in [3.8, 4) is 0 Å². The van der Waals surface area contributed by atoms with Gasteiger partial charge >= 0.3 is 0 Å². The summed E-state index contributed by atoms with van der Waals surface area (Å²) in [6.45, 7) is 3.57. The molecule has 24 heavy (non-hydrogen) atoms. The van der Waals surface area contributed by atoms with Crippen LogP contribution in [0.15, 0.2) is 18.2 Å². The largest absolute Gasteiger partial charge is 0.349 e. The number of amides is 1. The molecule has 1 saturated carbocycles. The third kappa shape index (κ3) is 3.29. The molecule has 1 amide bonds. The number of fused-ring (bicyclic) bond motifs is 1. The molecule has 1 aromatic rings. The van der Waals surface area contributed by atoms with E-state index < -0.39 is 10.0 Å². The van der Waals surface area contributed by atoms with Crippen molar-refractivity contribution in [3.05, 3.63) is 29.3 Å². The average Bonchev–Trinajstić information content (AvgIpc) is 2.91. The van der Waals surface area contributed by atoms with Crippen LogP contribution >= 0.6 is 0 Å². The van der Waals surface area contributed by atoms with Crippen molar-refractivity contribution >= 4 is 21.6 Å². The molecule has 1 fully saturated rings. The van der Waals surface area contributed by atoms with E-state index in [1.165, 1.54) is 23.6 Å². The predicted octanol–water partition coefficient (Wildman–Crippen LogP) is 2.85. The number of anilines is 1. The Morgan fingerprint density at radius 3 is 2.62 bits per heavy atom. The fourth-order valence-electron chi connectivity index (χ4n) is 3.82. The molecular formula is C18H26N2O3S. The molecule has 1 aromatic carbocycles. The topological polar surface area (TPSA) is 66.5 Å². The number of carbonyl (C=O) groups excluding carboxylic acids is 1. The van der Waals surface area contributed by atoms with Gasteiger partial charge in [0.25, 0.3) is 5.91 Å². The minimum Gasteiger partial charge on any atom is -0.349 e. The summed E-state index contributed by atoms with van der Waals surface area (Å²) in [4.78, 5) is 12.5. The summed E-state index contributed by atoms with van der Waals surface area (Å²) in [7, 11) is -3.28. The van der Waals surface area contributed by atoms with E-state index in [1.807, 2.05) is 13.0 Å². The van der Waals surface area contributed by atoms with Crippen LogP contribution in [0.2, 0.25) is 0 Å². The molecule has 1 N–H and O–H groups in total. The molecule has 0 aromatic heterocycles. The summed E-state index contributed by atoms with van der Waals surface area (Å²) < 4.78 is 26.1. The van der Waals surface area contributed by atoms with Gasteiger partial charge in [-0.25, -0.2) is 8.42 Å². The normalized spacial score (nSPS) is 21.6.